The summed E-state index contributed by atoms with van der Waals surface area (Å²) in [6.07, 6.45) is 0. The molecule has 0 fully saturated rings. The molecule has 0 aromatic heterocycles. The van der Waals surface area contributed by atoms with E-state index in [4.69, 9.17) is 9.47 Å². The Morgan fingerprint density at radius 2 is 1.36 bits per heavy atom. The van der Waals surface area contributed by atoms with E-state index < -0.39 is 40.9 Å². The standard InChI is InChI=1S/C26H24N2O5/c1-15-5-9-17(10-6-15)21-19(24(30)32-3)23(29)20(25(31)33-4)22(26(21,13-27)14-28)18-11-7-16(2)8-12-18/h5-12,19,21-22,29H,1-4H3/t19-,21-,22+/m0/s1. The number of carbonyl (C=O) groups is 2. The fraction of sp³-hybridized carbons (Fsp3) is 0.308. The lowest BCUT2D eigenvalue weighted by Gasteiger charge is -2.44. The summed E-state index contributed by atoms with van der Waals surface area (Å²) < 4.78 is 9.84. The molecule has 0 saturated carbocycles. The Bertz CT molecular complexity index is 1170. The van der Waals surface area contributed by atoms with E-state index >= 15 is 0 Å². The molecule has 0 bridgehead atoms. The summed E-state index contributed by atoms with van der Waals surface area (Å²) in [6.45, 7) is 3.76. The number of aliphatic hydroxyl groups excluding tert-OH is 1. The van der Waals surface area contributed by atoms with Gasteiger partial charge in [-0.25, -0.2) is 4.79 Å². The van der Waals surface area contributed by atoms with Crippen molar-refractivity contribution in [2.24, 2.45) is 11.3 Å². The predicted molar refractivity (Wildman–Crippen MR) is 119 cm³/mol. The van der Waals surface area contributed by atoms with Gasteiger partial charge in [0, 0.05) is 5.92 Å². The second-order valence-electron chi connectivity index (χ2n) is 8.12. The molecule has 33 heavy (non-hydrogen) atoms. The Morgan fingerprint density at radius 3 is 1.79 bits per heavy atom. The smallest absolute Gasteiger partial charge is 0.337 e. The van der Waals surface area contributed by atoms with Crippen molar-refractivity contribution in [3.8, 4) is 12.1 Å². The van der Waals surface area contributed by atoms with Gasteiger partial charge in [-0.15, -0.1) is 0 Å². The maximum atomic E-state index is 12.9. The predicted octanol–water partition coefficient (Wildman–Crippen LogP) is 3.99. The second kappa shape index (κ2) is 9.18. The summed E-state index contributed by atoms with van der Waals surface area (Å²) in [5.74, 6) is -6.09. The number of benzene rings is 2. The quantitative estimate of drug-likeness (QED) is 0.708. The molecule has 168 valence electrons. The van der Waals surface area contributed by atoms with Gasteiger partial charge in [-0.3, -0.25) is 4.79 Å². The Labute approximate surface area is 192 Å². The number of methoxy groups -OCH3 is 2. The third-order valence-corrected chi connectivity index (χ3v) is 6.22. The van der Waals surface area contributed by atoms with Gasteiger partial charge in [0.25, 0.3) is 0 Å². The van der Waals surface area contributed by atoms with Crippen molar-refractivity contribution in [1.82, 2.24) is 0 Å². The summed E-state index contributed by atoms with van der Waals surface area (Å²) in [5, 5.41) is 32.2. The number of nitriles is 2. The highest BCUT2D eigenvalue weighted by Crippen LogP contribution is 2.58. The number of hydrogen-bond acceptors (Lipinski definition) is 7. The van der Waals surface area contributed by atoms with Crippen LogP contribution in [0.15, 0.2) is 59.9 Å². The molecule has 7 nitrogen and oxygen atoms in total. The van der Waals surface area contributed by atoms with Crippen molar-refractivity contribution < 1.29 is 24.2 Å². The molecule has 0 aliphatic heterocycles. The van der Waals surface area contributed by atoms with Crippen molar-refractivity contribution in [2.75, 3.05) is 14.2 Å². The van der Waals surface area contributed by atoms with Crippen LogP contribution in [0.4, 0.5) is 0 Å². The zero-order valence-corrected chi connectivity index (χ0v) is 18.8. The van der Waals surface area contributed by atoms with Crippen LogP contribution in [0.2, 0.25) is 0 Å². The molecule has 1 aliphatic rings. The summed E-state index contributed by atoms with van der Waals surface area (Å²) in [7, 11) is 2.28. The lowest BCUT2D eigenvalue weighted by Crippen LogP contribution is -2.47. The van der Waals surface area contributed by atoms with Gasteiger partial charge in [0.05, 0.1) is 37.8 Å². The zero-order valence-electron chi connectivity index (χ0n) is 18.8. The van der Waals surface area contributed by atoms with Gasteiger partial charge in [-0.1, -0.05) is 59.7 Å². The number of nitrogens with zero attached hydrogens (tertiary/aromatic N) is 2. The van der Waals surface area contributed by atoms with Crippen molar-refractivity contribution in [2.45, 2.75) is 25.7 Å². The highest BCUT2D eigenvalue weighted by atomic mass is 16.5. The van der Waals surface area contributed by atoms with Crippen LogP contribution in [0.1, 0.15) is 34.1 Å². The fourth-order valence-electron chi connectivity index (χ4n) is 4.56. The Balaban J connectivity index is 2.47. The average molecular weight is 444 g/mol. The maximum absolute atomic E-state index is 12.9. The van der Waals surface area contributed by atoms with Crippen LogP contribution in [-0.4, -0.2) is 31.3 Å². The van der Waals surface area contributed by atoms with Crippen LogP contribution in [0.5, 0.6) is 0 Å². The van der Waals surface area contributed by atoms with Crippen LogP contribution in [0.3, 0.4) is 0 Å². The highest BCUT2D eigenvalue weighted by Gasteiger charge is 2.61. The lowest BCUT2D eigenvalue weighted by atomic mass is 9.54. The zero-order chi connectivity index (χ0) is 24.3. The van der Waals surface area contributed by atoms with Crippen LogP contribution < -0.4 is 0 Å². The maximum Gasteiger partial charge on any atom is 0.337 e. The van der Waals surface area contributed by atoms with E-state index in [1.807, 2.05) is 13.8 Å². The third kappa shape index (κ3) is 3.83. The molecule has 0 heterocycles. The molecule has 1 aliphatic carbocycles. The fourth-order valence-corrected chi connectivity index (χ4v) is 4.56. The molecule has 3 atom stereocenters. The summed E-state index contributed by atoms with van der Waals surface area (Å²) in [5.41, 5.74) is 0.600. The van der Waals surface area contributed by atoms with E-state index in [-0.39, 0.29) is 5.57 Å². The van der Waals surface area contributed by atoms with Crippen molar-refractivity contribution in [1.29, 1.82) is 10.5 Å². The largest absolute Gasteiger partial charge is 0.511 e. The molecular weight excluding hydrogens is 420 g/mol. The number of rotatable bonds is 4. The van der Waals surface area contributed by atoms with Crippen LogP contribution >= 0.6 is 0 Å². The first-order chi connectivity index (χ1) is 15.7. The molecule has 0 unspecified atom stereocenters. The Kier molecular flexibility index (Phi) is 6.55. The molecular formula is C26H24N2O5. The van der Waals surface area contributed by atoms with Gasteiger partial charge in [0.2, 0.25) is 0 Å². The van der Waals surface area contributed by atoms with Crippen molar-refractivity contribution in [3.63, 3.8) is 0 Å². The van der Waals surface area contributed by atoms with Gasteiger partial charge in [-0.05, 0) is 25.0 Å². The third-order valence-electron chi connectivity index (χ3n) is 6.22. The van der Waals surface area contributed by atoms with Crippen molar-refractivity contribution >= 4 is 11.9 Å². The molecule has 0 spiro atoms. The lowest BCUT2D eigenvalue weighted by molar-refractivity contribution is -0.147. The molecule has 0 amide bonds. The first-order valence-electron chi connectivity index (χ1n) is 10.3. The van der Waals surface area contributed by atoms with Crippen LogP contribution in [0, 0.1) is 47.8 Å². The molecule has 2 aromatic carbocycles. The first kappa shape index (κ1) is 23.6. The van der Waals surface area contributed by atoms with E-state index in [0.29, 0.717) is 11.1 Å². The van der Waals surface area contributed by atoms with E-state index in [0.717, 1.165) is 25.3 Å². The molecule has 7 heteroatoms. The number of aryl methyl sites for hydroxylation is 2. The number of ether oxygens (including phenoxy) is 2. The normalized spacial score (nSPS) is 21.5. The van der Waals surface area contributed by atoms with Crippen LogP contribution in [0.25, 0.3) is 0 Å². The van der Waals surface area contributed by atoms with E-state index in [2.05, 4.69) is 12.1 Å². The minimum Gasteiger partial charge on any atom is -0.511 e. The van der Waals surface area contributed by atoms with Crippen molar-refractivity contribution in [3.05, 3.63) is 82.1 Å². The number of hydrogen-bond donors (Lipinski definition) is 1. The molecule has 2 aromatic rings. The van der Waals surface area contributed by atoms with Crippen LogP contribution in [-0.2, 0) is 19.1 Å². The molecule has 0 saturated heterocycles. The monoisotopic (exact) mass is 444 g/mol. The second-order valence-corrected chi connectivity index (χ2v) is 8.12. The summed E-state index contributed by atoms with van der Waals surface area (Å²) >= 11 is 0. The molecule has 0 radical (unpaired) electrons. The highest BCUT2D eigenvalue weighted by molar-refractivity contribution is 5.94. The number of esters is 2. The Hall–Kier alpha value is -4.10. The van der Waals surface area contributed by atoms with E-state index in [1.54, 1.807) is 48.5 Å². The average Bonchev–Trinajstić information content (AvgIpc) is 2.83. The Morgan fingerprint density at radius 1 is 0.879 bits per heavy atom. The number of carbonyl (C=O) groups excluding carboxylic acids is 2. The topological polar surface area (TPSA) is 120 Å². The molecule has 1 N–H and O–H groups in total. The summed E-state index contributed by atoms with van der Waals surface area (Å²) in [4.78, 5) is 25.8. The van der Waals surface area contributed by atoms with E-state index in [1.165, 1.54) is 0 Å². The minimum atomic E-state index is -1.93. The van der Waals surface area contributed by atoms with Gasteiger partial charge in [0.1, 0.15) is 11.7 Å². The van der Waals surface area contributed by atoms with Gasteiger partial charge >= 0.3 is 11.9 Å². The van der Waals surface area contributed by atoms with E-state index in [9.17, 15) is 25.2 Å². The minimum absolute atomic E-state index is 0.303. The van der Waals surface area contributed by atoms with Gasteiger partial charge in [-0.2, -0.15) is 10.5 Å². The SMILES string of the molecule is COC(=O)C1=C(O)[C@@H](C(=O)OC)[C@H](c2ccc(C)cc2)C(C#N)(C#N)[C@@H]1c1ccc(C)cc1. The first-order valence-corrected chi connectivity index (χ1v) is 10.3. The molecule has 3 rings (SSSR count). The number of aliphatic hydroxyl groups is 1. The summed E-state index contributed by atoms with van der Waals surface area (Å²) in [6, 6.07) is 18.2. The van der Waals surface area contributed by atoms with Gasteiger partial charge in [0.15, 0.2) is 5.41 Å². The van der Waals surface area contributed by atoms with Gasteiger partial charge < -0.3 is 14.6 Å².